The number of para-hydroxylation sites is 1. The van der Waals surface area contributed by atoms with Gasteiger partial charge in [-0.05, 0) is 48.6 Å². The number of nitrogens with zero attached hydrogens (tertiary/aromatic N) is 2. The molecule has 0 aliphatic heterocycles. The van der Waals surface area contributed by atoms with Crippen LogP contribution in [0.4, 0.5) is 0 Å². The number of carbonyl (C=O) groups excluding carboxylic acids is 1. The summed E-state index contributed by atoms with van der Waals surface area (Å²) in [6, 6.07) is 18.6. The summed E-state index contributed by atoms with van der Waals surface area (Å²) in [6.07, 6.45) is 8.21. The lowest BCUT2D eigenvalue weighted by Crippen LogP contribution is -2.41. The van der Waals surface area contributed by atoms with Crippen LogP contribution in [0.3, 0.4) is 0 Å². The van der Waals surface area contributed by atoms with Crippen LogP contribution in [0, 0.1) is 17.2 Å². The average molecular weight is 476 g/mol. The molecule has 1 saturated carbocycles. The van der Waals surface area contributed by atoms with Gasteiger partial charge in [-0.2, -0.15) is 5.26 Å². The lowest BCUT2D eigenvalue weighted by atomic mass is 9.86. The second kappa shape index (κ2) is 9.53. The molecule has 1 heterocycles. The van der Waals surface area contributed by atoms with E-state index in [1.165, 1.54) is 12.0 Å². The number of nitrogens with one attached hydrogen (secondary N) is 1. The summed E-state index contributed by atoms with van der Waals surface area (Å²) in [4.78, 5) is 12.8. The Kier molecular flexibility index (Phi) is 6.58. The molecule has 158 valence electrons. The second-order valence-corrected chi connectivity index (χ2v) is 9.28. The summed E-state index contributed by atoms with van der Waals surface area (Å²) in [5.41, 5.74) is 3.31. The fourth-order valence-electron chi connectivity index (χ4n) is 4.39. The third-order valence-corrected chi connectivity index (χ3v) is 6.71. The number of amides is 1. The number of benzene rings is 2. The van der Waals surface area contributed by atoms with Gasteiger partial charge in [0.1, 0.15) is 11.6 Å². The van der Waals surface area contributed by atoms with Crippen LogP contribution >= 0.6 is 15.9 Å². The highest BCUT2D eigenvalue weighted by atomic mass is 79.9. The average Bonchev–Trinajstić information content (AvgIpc) is 3.12. The first kappa shape index (κ1) is 21.4. The molecule has 0 spiro atoms. The molecule has 0 radical (unpaired) electrons. The van der Waals surface area contributed by atoms with Crippen molar-refractivity contribution in [2.75, 3.05) is 0 Å². The fourth-order valence-corrected chi connectivity index (χ4v) is 4.65. The van der Waals surface area contributed by atoms with Gasteiger partial charge in [0.2, 0.25) is 0 Å². The van der Waals surface area contributed by atoms with Gasteiger partial charge in [0.15, 0.2) is 0 Å². The van der Waals surface area contributed by atoms with Gasteiger partial charge in [-0.1, -0.05) is 66.0 Å². The molecule has 31 heavy (non-hydrogen) atoms. The molecule has 1 amide bonds. The van der Waals surface area contributed by atoms with E-state index in [0.717, 1.165) is 46.7 Å². The number of carbonyl (C=O) groups is 1. The van der Waals surface area contributed by atoms with E-state index >= 15 is 0 Å². The zero-order chi connectivity index (χ0) is 21.8. The topological polar surface area (TPSA) is 57.8 Å². The van der Waals surface area contributed by atoms with Crippen LogP contribution in [0.1, 0.15) is 43.7 Å². The number of hydrogen-bond acceptors (Lipinski definition) is 2. The molecule has 1 aliphatic carbocycles. The highest BCUT2D eigenvalue weighted by Gasteiger charge is 2.24. The number of halogens is 1. The molecule has 4 rings (SSSR count). The van der Waals surface area contributed by atoms with Crippen molar-refractivity contribution < 1.29 is 4.79 Å². The predicted molar refractivity (Wildman–Crippen MR) is 128 cm³/mol. The molecule has 1 N–H and O–H groups in total. The van der Waals surface area contributed by atoms with Gasteiger partial charge in [0.05, 0.1) is 0 Å². The van der Waals surface area contributed by atoms with Crippen molar-refractivity contribution in [1.29, 1.82) is 5.26 Å². The lowest BCUT2D eigenvalue weighted by molar-refractivity contribution is -0.118. The zero-order valence-corrected chi connectivity index (χ0v) is 19.2. The minimum absolute atomic E-state index is 0.150. The Hall–Kier alpha value is -2.84. The van der Waals surface area contributed by atoms with E-state index in [9.17, 15) is 10.1 Å². The van der Waals surface area contributed by atoms with Crippen molar-refractivity contribution in [2.24, 2.45) is 5.92 Å². The second-order valence-electron chi connectivity index (χ2n) is 8.37. The van der Waals surface area contributed by atoms with Crippen molar-refractivity contribution in [3.8, 4) is 6.07 Å². The van der Waals surface area contributed by atoms with Crippen molar-refractivity contribution >= 4 is 38.8 Å². The Morgan fingerprint density at radius 3 is 2.68 bits per heavy atom. The Bertz CT molecular complexity index is 1150. The summed E-state index contributed by atoms with van der Waals surface area (Å²) < 4.78 is 3.22. The molecule has 0 bridgehead atoms. The molecular weight excluding hydrogens is 450 g/mol. The van der Waals surface area contributed by atoms with Gasteiger partial charge in [-0.25, -0.2) is 0 Å². The SMILES string of the molecule is C[C@H]1CCCC[C@@H]1NC(=O)/C(C#N)=C/c1cn(Cc2ccc(Br)cc2)c2ccccc12. The molecule has 0 unspecified atom stereocenters. The summed E-state index contributed by atoms with van der Waals surface area (Å²) in [5, 5.41) is 13.8. The summed E-state index contributed by atoms with van der Waals surface area (Å²) in [6.45, 7) is 2.89. The van der Waals surface area contributed by atoms with Crippen LogP contribution in [0.5, 0.6) is 0 Å². The van der Waals surface area contributed by atoms with Crippen molar-refractivity contribution in [2.45, 2.75) is 45.2 Å². The van der Waals surface area contributed by atoms with E-state index in [1.54, 1.807) is 6.08 Å². The normalized spacial score (nSPS) is 19.2. The summed E-state index contributed by atoms with van der Waals surface area (Å²) in [5.74, 6) is 0.177. The molecule has 1 fully saturated rings. The van der Waals surface area contributed by atoms with Gasteiger partial charge in [0, 0.05) is 39.7 Å². The minimum atomic E-state index is -0.272. The third-order valence-electron chi connectivity index (χ3n) is 6.18. The number of hydrogen-bond donors (Lipinski definition) is 1. The Morgan fingerprint density at radius 2 is 1.94 bits per heavy atom. The molecule has 3 aromatic rings. The van der Waals surface area contributed by atoms with E-state index in [0.29, 0.717) is 5.92 Å². The number of fused-ring (bicyclic) bond motifs is 1. The molecule has 2 aromatic carbocycles. The van der Waals surface area contributed by atoms with Crippen molar-refractivity contribution in [3.63, 3.8) is 0 Å². The molecule has 5 heteroatoms. The van der Waals surface area contributed by atoms with E-state index in [2.05, 4.69) is 57.0 Å². The minimum Gasteiger partial charge on any atom is -0.348 e. The standard InChI is InChI=1S/C26H26BrN3O/c1-18-6-2-4-8-24(18)29-26(31)20(15-28)14-21-17-30(25-9-5-3-7-23(21)25)16-19-10-12-22(27)13-11-19/h3,5,7,9-14,17-18,24H,2,4,6,8,16H2,1H3,(H,29,31)/b20-14+/t18-,24-/m0/s1. The number of aromatic nitrogens is 1. The Morgan fingerprint density at radius 1 is 1.19 bits per heavy atom. The molecule has 1 aliphatic rings. The van der Waals surface area contributed by atoms with Gasteiger partial charge in [-0.3, -0.25) is 4.79 Å². The zero-order valence-electron chi connectivity index (χ0n) is 17.6. The van der Waals surface area contributed by atoms with Crippen molar-refractivity contribution in [3.05, 3.63) is 75.9 Å². The molecular formula is C26H26BrN3O. The molecule has 2 atom stereocenters. The Labute approximate surface area is 191 Å². The van der Waals surface area contributed by atoms with Crippen molar-refractivity contribution in [1.82, 2.24) is 9.88 Å². The predicted octanol–water partition coefficient (Wildman–Crippen LogP) is 6.05. The first-order chi connectivity index (χ1) is 15.0. The lowest BCUT2D eigenvalue weighted by Gasteiger charge is -2.29. The summed E-state index contributed by atoms with van der Waals surface area (Å²) >= 11 is 3.48. The van der Waals surface area contributed by atoms with Gasteiger partial charge in [0.25, 0.3) is 5.91 Å². The van der Waals surface area contributed by atoms with Crippen LogP contribution in [0.2, 0.25) is 0 Å². The molecule has 0 saturated heterocycles. The highest BCUT2D eigenvalue weighted by molar-refractivity contribution is 9.10. The first-order valence-corrected chi connectivity index (χ1v) is 11.6. The monoisotopic (exact) mass is 475 g/mol. The van der Waals surface area contributed by atoms with Crippen LogP contribution in [0.25, 0.3) is 17.0 Å². The van der Waals surface area contributed by atoms with Crippen LogP contribution in [0.15, 0.2) is 64.8 Å². The van der Waals surface area contributed by atoms with E-state index in [1.807, 2.05) is 36.5 Å². The number of rotatable bonds is 5. The van der Waals surface area contributed by atoms with Gasteiger partial charge >= 0.3 is 0 Å². The van der Waals surface area contributed by atoms with Crippen LogP contribution in [-0.2, 0) is 11.3 Å². The van der Waals surface area contributed by atoms with Gasteiger partial charge < -0.3 is 9.88 Å². The van der Waals surface area contributed by atoms with E-state index in [-0.39, 0.29) is 17.5 Å². The van der Waals surface area contributed by atoms with Gasteiger partial charge in [-0.15, -0.1) is 0 Å². The molecule has 4 nitrogen and oxygen atoms in total. The Balaban J connectivity index is 1.63. The summed E-state index contributed by atoms with van der Waals surface area (Å²) in [7, 11) is 0. The maximum Gasteiger partial charge on any atom is 0.262 e. The number of nitriles is 1. The van der Waals surface area contributed by atoms with E-state index in [4.69, 9.17) is 0 Å². The maximum atomic E-state index is 12.8. The molecule has 1 aromatic heterocycles. The fraction of sp³-hybridized carbons (Fsp3) is 0.308. The first-order valence-electron chi connectivity index (χ1n) is 10.8. The maximum absolute atomic E-state index is 12.8. The smallest absolute Gasteiger partial charge is 0.262 e. The highest BCUT2D eigenvalue weighted by Crippen LogP contribution is 2.26. The quantitative estimate of drug-likeness (QED) is 0.360. The van der Waals surface area contributed by atoms with E-state index < -0.39 is 0 Å². The van der Waals surface area contributed by atoms with Crippen LogP contribution in [-0.4, -0.2) is 16.5 Å². The largest absolute Gasteiger partial charge is 0.348 e. The van der Waals surface area contributed by atoms with Crippen LogP contribution < -0.4 is 5.32 Å². The third kappa shape index (κ3) is 4.91.